The van der Waals surface area contributed by atoms with E-state index in [1.165, 1.54) is 5.06 Å². The van der Waals surface area contributed by atoms with Crippen molar-refractivity contribution in [3.8, 4) is 0 Å². The summed E-state index contributed by atoms with van der Waals surface area (Å²) in [6, 6.07) is 0. The Labute approximate surface area is 74.6 Å². The van der Waals surface area contributed by atoms with Gasteiger partial charge in [-0.05, 0) is 6.42 Å². The molecule has 0 aromatic rings. The van der Waals surface area contributed by atoms with Crippen molar-refractivity contribution < 1.29 is 12.7 Å². The summed E-state index contributed by atoms with van der Waals surface area (Å²) in [4.78, 5) is 0. The van der Waals surface area contributed by atoms with Gasteiger partial charge in [0.05, 0.1) is 5.75 Å². The van der Waals surface area contributed by atoms with Gasteiger partial charge in [0.15, 0.2) is 0 Å². The van der Waals surface area contributed by atoms with Crippen molar-refractivity contribution in [3.05, 3.63) is 0 Å². The molecule has 0 saturated carbocycles. The molecule has 0 atom stereocenters. The van der Waals surface area contributed by atoms with Gasteiger partial charge in [0.2, 0.25) is 0 Å². The van der Waals surface area contributed by atoms with Crippen LogP contribution in [0.1, 0.15) is 26.2 Å². The molecule has 0 amide bonds. The molecule has 4 nitrogen and oxygen atoms in total. The molecule has 74 valence electrons. The zero-order valence-corrected chi connectivity index (χ0v) is 8.73. The van der Waals surface area contributed by atoms with Crippen LogP contribution in [0.2, 0.25) is 0 Å². The second-order valence-corrected chi connectivity index (χ2v) is 4.53. The lowest BCUT2D eigenvalue weighted by Gasteiger charge is -2.09. The molecule has 0 heterocycles. The second-order valence-electron chi connectivity index (χ2n) is 2.86. The molecule has 0 rings (SSSR count). The topological polar surface area (TPSA) is 46.6 Å². The SMILES string of the molecule is CCCCCS(=O)(=O)ON(C)C. The number of rotatable bonds is 6. The van der Waals surface area contributed by atoms with E-state index >= 15 is 0 Å². The fraction of sp³-hybridized carbons (Fsp3) is 1.00. The van der Waals surface area contributed by atoms with Gasteiger partial charge in [-0.15, -0.1) is 0 Å². The van der Waals surface area contributed by atoms with Crippen LogP contribution in [0.5, 0.6) is 0 Å². The molecule has 0 unspecified atom stereocenters. The fourth-order valence-corrected chi connectivity index (χ4v) is 1.88. The molecule has 0 spiro atoms. The number of nitrogens with zero attached hydrogens (tertiary/aromatic N) is 1. The van der Waals surface area contributed by atoms with E-state index in [-0.39, 0.29) is 5.75 Å². The highest BCUT2D eigenvalue weighted by atomic mass is 32.2. The highest BCUT2D eigenvalue weighted by Crippen LogP contribution is 2.01. The summed E-state index contributed by atoms with van der Waals surface area (Å²) < 4.78 is 26.7. The summed E-state index contributed by atoms with van der Waals surface area (Å²) in [7, 11) is -0.221. The highest BCUT2D eigenvalue weighted by Gasteiger charge is 2.11. The van der Waals surface area contributed by atoms with E-state index in [9.17, 15) is 8.42 Å². The third kappa shape index (κ3) is 6.57. The molecular weight excluding hydrogens is 178 g/mol. The average molecular weight is 195 g/mol. The lowest BCUT2D eigenvalue weighted by atomic mass is 10.3. The van der Waals surface area contributed by atoms with Crippen LogP contribution in [0.4, 0.5) is 0 Å². The first-order valence-electron chi connectivity index (χ1n) is 4.07. The van der Waals surface area contributed by atoms with Crippen molar-refractivity contribution in [1.82, 2.24) is 5.06 Å². The van der Waals surface area contributed by atoms with E-state index in [1.807, 2.05) is 6.92 Å². The van der Waals surface area contributed by atoms with Crippen LogP contribution in [0.15, 0.2) is 0 Å². The van der Waals surface area contributed by atoms with E-state index in [0.717, 1.165) is 12.8 Å². The summed E-state index contributed by atoms with van der Waals surface area (Å²) >= 11 is 0. The van der Waals surface area contributed by atoms with Crippen molar-refractivity contribution in [2.75, 3.05) is 19.8 Å². The van der Waals surface area contributed by atoms with Gasteiger partial charge in [-0.3, -0.25) is 0 Å². The van der Waals surface area contributed by atoms with Crippen LogP contribution in [-0.4, -0.2) is 33.3 Å². The second kappa shape index (κ2) is 5.50. The quantitative estimate of drug-likeness (QED) is 0.468. The maximum absolute atomic E-state index is 11.1. The Morgan fingerprint density at radius 1 is 1.25 bits per heavy atom. The first-order valence-corrected chi connectivity index (χ1v) is 5.65. The van der Waals surface area contributed by atoms with Crippen LogP contribution in [0.25, 0.3) is 0 Å². The van der Waals surface area contributed by atoms with E-state index in [2.05, 4.69) is 4.28 Å². The third-order valence-electron chi connectivity index (χ3n) is 1.26. The van der Waals surface area contributed by atoms with Crippen molar-refractivity contribution in [2.45, 2.75) is 26.2 Å². The molecule has 12 heavy (non-hydrogen) atoms. The molecule has 0 saturated heterocycles. The van der Waals surface area contributed by atoms with Crippen LogP contribution in [0.3, 0.4) is 0 Å². The van der Waals surface area contributed by atoms with E-state index in [1.54, 1.807) is 14.1 Å². The molecule has 0 aliphatic heterocycles. The Kier molecular flexibility index (Phi) is 5.44. The van der Waals surface area contributed by atoms with Gasteiger partial charge in [-0.1, -0.05) is 19.8 Å². The van der Waals surface area contributed by atoms with Gasteiger partial charge in [0, 0.05) is 14.1 Å². The lowest BCUT2D eigenvalue weighted by Crippen LogP contribution is -2.21. The molecule has 0 aliphatic rings. The van der Waals surface area contributed by atoms with Crippen molar-refractivity contribution in [2.24, 2.45) is 0 Å². The first-order chi connectivity index (χ1) is 5.48. The van der Waals surface area contributed by atoms with Crippen LogP contribution in [0, 0.1) is 0 Å². The minimum atomic E-state index is -3.33. The predicted molar refractivity (Wildman–Crippen MR) is 48.1 cm³/mol. The maximum Gasteiger partial charge on any atom is 0.283 e. The van der Waals surface area contributed by atoms with Gasteiger partial charge in [-0.2, -0.15) is 17.8 Å². The van der Waals surface area contributed by atoms with E-state index in [4.69, 9.17) is 0 Å². The summed E-state index contributed by atoms with van der Waals surface area (Å²) in [6.07, 6.45) is 2.61. The van der Waals surface area contributed by atoms with Crippen molar-refractivity contribution in [1.29, 1.82) is 0 Å². The molecule has 0 aromatic carbocycles. The number of hydroxylamine groups is 2. The summed E-state index contributed by atoms with van der Waals surface area (Å²) in [6.45, 7) is 2.03. The Hall–Kier alpha value is -0.130. The zero-order valence-electron chi connectivity index (χ0n) is 7.91. The molecule has 0 N–H and O–H groups in total. The number of hydrogen-bond acceptors (Lipinski definition) is 4. The minimum absolute atomic E-state index is 0.110. The number of hydrogen-bond donors (Lipinski definition) is 0. The Morgan fingerprint density at radius 2 is 1.83 bits per heavy atom. The summed E-state index contributed by atoms with van der Waals surface area (Å²) in [5.41, 5.74) is 0. The molecule has 0 aliphatic carbocycles. The van der Waals surface area contributed by atoms with Crippen LogP contribution >= 0.6 is 0 Å². The Bertz CT molecular complexity index is 199. The largest absolute Gasteiger partial charge is 0.283 e. The first kappa shape index (κ1) is 11.9. The molecule has 0 aromatic heterocycles. The van der Waals surface area contributed by atoms with Gasteiger partial charge >= 0.3 is 0 Å². The summed E-state index contributed by atoms with van der Waals surface area (Å²) in [5, 5.41) is 1.20. The predicted octanol–water partition coefficient (Wildman–Crippen LogP) is 1.000. The highest BCUT2D eigenvalue weighted by molar-refractivity contribution is 7.86. The van der Waals surface area contributed by atoms with Gasteiger partial charge in [-0.25, -0.2) is 0 Å². The smallest absolute Gasteiger partial charge is 0.198 e. The van der Waals surface area contributed by atoms with Crippen molar-refractivity contribution in [3.63, 3.8) is 0 Å². The van der Waals surface area contributed by atoms with E-state index in [0.29, 0.717) is 6.42 Å². The van der Waals surface area contributed by atoms with Crippen LogP contribution in [-0.2, 0) is 14.4 Å². The molecule has 0 bridgehead atoms. The monoisotopic (exact) mass is 195 g/mol. The normalized spacial score (nSPS) is 12.3. The molecule has 5 heteroatoms. The molecule has 0 radical (unpaired) electrons. The molecule has 0 fully saturated rings. The summed E-state index contributed by atoms with van der Waals surface area (Å²) in [5.74, 6) is 0.110. The molecular formula is C7H17NO3S. The fourth-order valence-electron chi connectivity index (χ4n) is 0.793. The van der Waals surface area contributed by atoms with Crippen LogP contribution < -0.4 is 0 Å². The standard InChI is InChI=1S/C7H17NO3S/c1-4-5-6-7-12(9,10)11-8(2)3/h4-7H2,1-3H3. The van der Waals surface area contributed by atoms with Crippen molar-refractivity contribution >= 4 is 10.1 Å². The Balaban J connectivity index is 3.73. The van der Waals surface area contributed by atoms with E-state index < -0.39 is 10.1 Å². The lowest BCUT2D eigenvalue weighted by molar-refractivity contribution is 0.00518. The maximum atomic E-state index is 11.1. The zero-order chi connectivity index (χ0) is 9.61. The third-order valence-corrected chi connectivity index (χ3v) is 2.57. The van der Waals surface area contributed by atoms with Gasteiger partial charge < -0.3 is 0 Å². The average Bonchev–Trinajstić information content (AvgIpc) is 1.84. The minimum Gasteiger partial charge on any atom is -0.198 e. The Morgan fingerprint density at radius 3 is 2.25 bits per heavy atom. The number of unbranched alkanes of at least 4 members (excludes halogenated alkanes) is 2. The van der Waals surface area contributed by atoms with Gasteiger partial charge in [0.25, 0.3) is 10.1 Å². The van der Waals surface area contributed by atoms with Gasteiger partial charge in [0.1, 0.15) is 0 Å².